The first-order valence-corrected chi connectivity index (χ1v) is 5.98. The Morgan fingerprint density at radius 2 is 2.46 bits per heavy atom. The molecule has 3 nitrogen and oxygen atoms in total. The second-order valence-corrected chi connectivity index (χ2v) is 3.80. The van der Waals surface area contributed by atoms with Crippen molar-refractivity contribution < 1.29 is 0 Å². The van der Waals surface area contributed by atoms with Gasteiger partial charge >= 0.3 is 0 Å². The van der Waals surface area contributed by atoms with Crippen molar-refractivity contribution in [2.45, 2.75) is 10.9 Å². The third kappa shape index (κ3) is 2.68. The molecule has 68 valence electrons. The fourth-order valence-electron chi connectivity index (χ4n) is 0.835. The molecule has 0 fully saturated rings. The van der Waals surface area contributed by atoms with Crippen LogP contribution in [0.5, 0.6) is 0 Å². The lowest BCUT2D eigenvalue weighted by molar-refractivity contribution is 0.890. The lowest BCUT2D eigenvalue weighted by Gasteiger charge is -2.04. The molecule has 1 aromatic rings. The number of nitrogens with zero attached hydrogens (tertiary/aromatic N) is 3. The Morgan fingerprint density at radius 1 is 1.69 bits per heavy atom. The second-order valence-electron chi connectivity index (χ2n) is 2.32. The van der Waals surface area contributed by atoms with Crippen LogP contribution in [0.1, 0.15) is 11.6 Å². The van der Waals surface area contributed by atoms with Gasteiger partial charge in [0, 0.05) is 5.33 Å². The molecule has 0 amide bonds. The van der Waals surface area contributed by atoms with Crippen molar-refractivity contribution in [1.82, 2.24) is 9.97 Å². The van der Waals surface area contributed by atoms with Gasteiger partial charge < -0.3 is 0 Å². The van der Waals surface area contributed by atoms with E-state index in [4.69, 9.17) is 5.26 Å². The number of alkyl halides is 1. The van der Waals surface area contributed by atoms with Gasteiger partial charge in [-0.15, -0.1) is 11.8 Å². The molecule has 5 heteroatoms. The summed E-state index contributed by atoms with van der Waals surface area (Å²) in [5.74, 6) is -0.186. The first-order chi connectivity index (χ1) is 6.31. The molecular formula is C8H8BrN3S. The maximum Gasteiger partial charge on any atom is 0.117 e. The largest absolute Gasteiger partial charge is 0.240 e. The number of hydrogen-bond acceptors (Lipinski definition) is 4. The smallest absolute Gasteiger partial charge is 0.117 e. The molecule has 0 radical (unpaired) electrons. The topological polar surface area (TPSA) is 49.6 Å². The van der Waals surface area contributed by atoms with Crippen LogP contribution in [0.4, 0.5) is 0 Å². The summed E-state index contributed by atoms with van der Waals surface area (Å²) in [6.45, 7) is 0. The molecule has 1 unspecified atom stereocenters. The van der Waals surface area contributed by atoms with Crippen LogP contribution in [0.2, 0.25) is 0 Å². The second kappa shape index (κ2) is 5.20. The van der Waals surface area contributed by atoms with Gasteiger partial charge in [-0.1, -0.05) is 15.9 Å². The van der Waals surface area contributed by atoms with E-state index in [0.717, 1.165) is 10.7 Å². The average Bonchev–Trinajstić information content (AvgIpc) is 2.20. The Labute approximate surface area is 89.7 Å². The highest BCUT2D eigenvalue weighted by atomic mass is 79.9. The summed E-state index contributed by atoms with van der Waals surface area (Å²) in [7, 11) is 0. The highest BCUT2D eigenvalue weighted by molar-refractivity contribution is 9.09. The third-order valence-electron chi connectivity index (χ3n) is 1.54. The number of aromatic nitrogens is 2. The summed E-state index contributed by atoms with van der Waals surface area (Å²) in [6, 6.07) is 4.02. The SMILES string of the molecule is CSc1cc(C(C#N)CBr)ncn1. The first-order valence-electron chi connectivity index (χ1n) is 3.63. The van der Waals surface area contributed by atoms with E-state index < -0.39 is 0 Å². The van der Waals surface area contributed by atoms with E-state index in [1.165, 1.54) is 6.33 Å². The summed E-state index contributed by atoms with van der Waals surface area (Å²) in [6.07, 6.45) is 3.44. The molecule has 1 rings (SSSR count). The van der Waals surface area contributed by atoms with Gasteiger partial charge in [-0.25, -0.2) is 9.97 Å². The molecule has 0 aliphatic carbocycles. The third-order valence-corrected chi connectivity index (χ3v) is 2.83. The van der Waals surface area contributed by atoms with Gasteiger partial charge in [-0.3, -0.25) is 0 Å². The molecule has 1 heterocycles. The number of thioether (sulfide) groups is 1. The van der Waals surface area contributed by atoms with Crippen molar-refractivity contribution in [1.29, 1.82) is 5.26 Å². The average molecular weight is 258 g/mol. The molecule has 13 heavy (non-hydrogen) atoms. The van der Waals surface area contributed by atoms with Crippen LogP contribution in [-0.2, 0) is 0 Å². The number of halogens is 1. The zero-order valence-electron chi connectivity index (χ0n) is 7.07. The van der Waals surface area contributed by atoms with Crippen molar-refractivity contribution in [3.8, 4) is 6.07 Å². The van der Waals surface area contributed by atoms with E-state index in [9.17, 15) is 0 Å². The quantitative estimate of drug-likeness (QED) is 0.473. The molecule has 1 aromatic heterocycles. The van der Waals surface area contributed by atoms with Gasteiger partial charge in [0.25, 0.3) is 0 Å². The predicted octanol–water partition coefficient (Wildman–Crippen LogP) is 2.20. The van der Waals surface area contributed by atoms with Crippen molar-refractivity contribution in [2.24, 2.45) is 0 Å². The Bertz CT molecular complexity index is 323. The fourth-order valence-corrected chi connectivity index (χ4v) is 1.70. The monoisotopic (exact) mass is 257 g/mol. The van der Waals surface area contributed by atoms with Crippen LogP contribution in [0, 0.1) is 11.3 Å². The Kier molecular flexibility index (Phi) is 4.19. The highest BCUT2D eigenvalue weighted by Crippen LogP contribution is 2.18. The molecule has 1 atom stereocenters. The van der Waals surface area contributed by atoms with Gasteiger partial charge in [0.2, 0.25) is 0 Å². The lowest BCUT2D eigenvalue weighted by atomic mass is 10.1. The van der Waals surface area contributed by atoms with E-state index >= 15 is 0 Å². The molecule has 0 aliphatic heterocycles. The van der Waals surface area contributed by atoms with Crippen LogP contribution in [0.25, 0.3) is 0 Å². The summed E-state index contributed by atoms with van der Waals surface area (Å²) < 4.78 is 0. The first kappa shape index (κ1) is 10.5. The van der Waals surface area contributed by atoms with E-state index in [2.05, 4.69) is 32.0 Å². The van der Waals surface area contributed by atoms with Gasteiger partial charge in [-0.2, -0.15) is 5.26 Å². The van der Waals surface area contributed by atoms with Crippen LogP contribution in [-0.4, -0.2) is 21.6 Å². The summed E-state index contributed by atoms with van der Waals surface area (Å²) in [5.41, 5.74) is 0.777. The summed E-state index contributed by atoms with van der Waals surface area (Å²) in [5, 5.41) is 10.3. The summed E-state index contributed by atoms with van der Waals surface area (Å²) in [4.78, 5) is 8.09. The van der Waals surface area contributed by atoms with Crippen molar-refractivity contribution in [2.75, 3.05) is 11.6 Å². The van der Waals surface area contributed by atoms with Crippen LogP contribution in [0.3, 0.4) is 0 Å². The van der Waals surface area contributed by atoms with E-state index in [1.807, 2.05) is 12.3 Å². The minimum Gasteiger partial charge on any atom is -0.240 e. The zero-order valence-corrected chi connectivity index (χ0v) is 9.47. The number of hydrogen-bond donors (Lipinski definition) is 0. The highest BCUT2D eigenvalue weighted by Gasteiger charge is 2.10. The summed E-state index contributed by atoms with van der Waals surface area (Å²) >= 11 is 4.82. The Hall–Kier alpha value is -0.600. The molecule has 0 spiro atoms. The molecule has 0 aliphatic rings. The van der Waals surface area contributed by atoms with Crippen LogP contribution >= 0.6 is 27.7 Å². The van der Waals surface area contributed by atoms with E-state index in [1.54, 1.807) is 11.8 Å². The van der Waals surface area contributed by atoms with Gasteiger partial charge in [0.15, 0.2) is 0 Å². The van der Waals surface area contributed by atoms with E-state index in [-0.39, 0.29) is 5.92 Å². The van der Waals surface area contributed by atoms with Crippen molar-refractivity contribution in [3.05, 3.63) is 18.1 Å². The predicted molar refractivity (Wildman–Crippen MR) is 56.0 cm³/mol. The zero-order chi connectivity index (χ0) is 9.68. The molecule has 0 saturated heterocycles. The van der Waals surface area contributed by atoms with Crippen molar-refractivity contribution in [3.63, 3.8) is 0 Å². The standard InChI is InChI=1S/C8H8BrN3S/c1-13-8-2-7(11-5-12-8)6(3-9)4-10/h2,5-6H,3H2,1H3. The maximum absolute atomic E-state index is 8.80. The van der Waals surface area contributed by atoms with Gasteiger partial charge in [0.1, 0.15) is 6.33 Å². The number of nitriles is 1. The lowest BCUT2D eigenvalue weighted by Crippen LogP contribution is -2.00. The molecule has 0 saturated carbocycles. The van der Waals surface area contributed by atoms with Crippen LogP contribution in [0.15, 0.2) is 17.4 Å². The molecule has 0 N–H and O–H groups in total. The molecule has 0 aromatic carbocycles. The normalized spacial score (nSPS) is 12.1. The minimum atomic E-state index is -0.186. The molecular weight excluding hydrogens is 250 g/mol. The Morgan fingerprint density at radius 3 is 3.00 bits per heavy atom. The molecule has 0 bridgehead atoms. The maximum atomic E-state index is 8.80. The Balaban J connectivity index is 2.94. The van der Waals surface area contributed by atoms with Gasteiger partial charge in [-0.05, 0) is 12.3 Å². The van der Waals surface area contributed by atoms with Gasteiger partial charge in [0.05, 0.1) is 22.7 Å². The van der Waals surface area contributed by atoms with Crippen molar-refractivity contribution >= 4 is 27.7 Å². The van der Waals surface area contributed by atoms with E-state index in [0.29, 0.717) is 5.33 Å². The minimum absolute atomic E-state index is 0.186. The number of rotatable bonds is 3. The van der Waals surface area contributed by atoms with Crippen LogP contribution < -0.4 is 0 Å². The fraction of sp³-hybridized carbons (Fsp3) is 0.375.